The molecule has 5 fully saturated rings. The number of nitrogens with zero attached hydrogens (tertiary/aromatic N) is 7. The zero-order valence-corrected chi connectivity index (χ0v) is 27.9. The van der Waals surface area contributed by atoms with E-state index < -0.39 is 23.0 Å². The second kappa shape index (κ2) is 11.8. The number of rotatable bonds is 8. The largest absolute Gasteiger partial charge is 0.463 e. The molecule has 0 spiro atoms. The normalized spacial score (nSPS) is 26.7. The average molecular weight is 707 g/mol. The first-order valence-corrected chi connectivity index (χ1v) is 17.8. The predicted octanol–water partition coefficient (Wildman–Crippen LogP) is 5.99. The first-order valence-electron chi connectivity index (χ1n) is 17.0. The molecule has 4 saturated heterocycles. The summed E-state index contributed by atoms with van der Waals surface area (Å²) in [7, 11) is 0. The SMILES string of the molecule is C=Nc1sc2c(F)ccc(-c3ncc4c(N5CC6CCC(C5)N6)nc(OCC5(CN6C7CCC6COC7)CC(F)(F)C5)nc4c3F)c2c1C#N. The predicted molar refractivity (Wildman–Crippen MR) is 181 cm³/mol. The smallest absolute Gasteiger partial charge is 0.319 e. The minimum Gasteiger partial charge on any atom is -0.463 e. The van der Waals surface area contributed by atoms with Crippen molar-refractivity contribution < 1.29 is 27.0 Å². The van der Waals surface area contributed by atoms with Crippen molar-refractivity contribution in [2.75, 3.05) is 44.4 Å². The molecule has 5 aliphatic rings. The number of thiophene rings is 1. The van der Waals surface area contributed by atoms with Gasteiger partial charge in [0.1, 0.15) is 33.9 Å². The summed E-state index contributed by atoms with van der Waals surface area (Å²) in [6.45, 7) is 6.37. The lowest BCUT2D eigenvalue weighted by atomic mass is 9.66. The Labute approximate surface area is 289 Å². The van der Waals surface area contributed by atoms with Gasteiger partial charge in [-0.25, -0.2) is 17.6 Å². The molecule has 7 heterocycles. The van der Waals surface area contributed by atoms with Crippen molar-refractivity contribution in [1.29, 1.82) is 5.26 Å². The van der Waals surface area contributed by atoms with E-state index in [1.807, 2.05) is 0 Å². The van der Waals surface area contributed by atoms with Crippen LogP contribution in [-0.4, -0.2) is 96.1 Å². The van der Waals surface area contributed by atoms with Crippen LogP contribution in [0.5, 0.6) is 6.01 Å². The number of alkyl halides is 2. The molecule has 0 radical (unpaired) electrons. The highest BCUT2D eigenvalue weighted by Gasteiger charge is 2.59. The fourth-order valence-electron chi connectivity index (χ4n) is 8.94. The standard InChI is InChI=1S/C35H34F4N8O2S/c1-41-32-23(8-40)26-22(6-7-25(36)30(26)50-32)28-27(37)29-24(9-42-28)31(46-10-18-2-3-19(11-46)43-18)45-33(44-29)49-17-34(14-35(38,39)15-34)16-47-20-4-5-21(47)13-48-12-20/h6-7,9,18-21,43H,1-5,10-17H2. The summed E-state index contributed by atoms with van der Waals surface area (Å²) >= 11 is 0.957. The van der Waals surface area contributed by atoms with Crippen LogP contribution in [0.2, 0.25) is 0 Å². The number of ether oxygens (including phenoxy) is 2. The highest BCUT2D eigenvalue weighted by atomic mass is 32.1. The summed E-state index contributed by atoms with van der Waals surface area (Å²) in [6, 6.07) is 5.44. The Morgan fingerprint density at radius 3 is 2.52 bits per heavy atom. The number of halogens is 4. The lowest BCUT2D eigenvalue weighted by Gasteiger charge is -2.50. The Bertz CT molecular complexity index is 2050. The Morgan fingerprint density at radius 1 is 1.10 bits per heavy atom. The summed E-state index contributed by atoms with van der Waals surface area (Å²) < 4.78 is 73.0. The number of benzene rings is 1. The number of hydrogen-bond acceptors (Lipinski definition) is 11. The van der Waals surface area contributed by atoms with Crippen molar-refractivity contribution in [1.82, 2.24) is 25.2 Å². The molecule has 4 aromatic rings. The summed E-state index contributed by atoms with van der Waals surface area (Å²) in [6.07, 6.45) is 4.84. The van der Waals surface area contributed by atoms with E-state index in [9.17, 15) is 18.4 Å². The molecule has 50 heavy (non-hydrogen) atoms. The minimum atomic E-state index is -2.79. The molecule has 4 aliphatic heterocycles. The molecule has 10 nitrogen and oxygen atoms in total. The fraction of sp³-hybridized carbons (Fsp3) is 0.514. The average Bonchev–Trinajstić information content (AvgIpc) is 3.70. The summed E-state index contributed by atoms with van der Waals surface area (Å²) in [5.41, 5.74) is -0.716. The Morgan fingerprint density at radius 2 is 1.84 bits per heavy atom. The van der Waals surface area contributed by atoms with Crippen LogP contribution in [0, 0.1) is 28.4 Å². The molecule has 1 aliphatic carbocycles. The van der Waals surface area contributed by atoms with Gasteiger partial charge in [0.25, 0.3) is 0 Å². The number of fused-ring (bicyclic) bond motifs is 6. The summed E-state index contributed by atoms with van der Waals surface area (Å²) in [4.78, 5) is 22.1. The van der Waals surface area contributed by atoms with Crippen LogP contribution in [0.1, 0.15) is 44.1 Å². The van der Waals surface area contributed by atoms with Crippen molar-refractivity contribution in [3.05, 3.63) is 35.5 Å². The minimum absolute atomic E-state index is 0.0486. The third-order valence-corrected chi connectivity index (χ3v) is 12.3. The number of aromatic nitrogens is 3. The molecule has 1 saturated carbocycles. The van der Waals surface area contributed by atoms with Crippen molar-refractivity contribution in [2.24, 2.45) is 10.4 Å². The van der Waals surface area contributed by atoms with E-state index in [1.165, 1.54) is 18.3 Å². The lowest BCUT2D eigenvalue weighted by Crippen LogP contribution is -2.59. The lowest BCUT2D eigenvalue weighted by molar-refractivity contribution is -0.188. The number of aliphatic imine (C=N–C) groups is 1. The van der Waals surface area contributed by atoms with Crippen molar-refractivity contribution >= 4 is 49.9 Å². The molecule has 4 unspecified atom stereocenters. The second-order valence-corrected chi connectivity index (χ2v) is 15.5. The first kappa shape index (κ1) is 32.0. The van der Waals surface area contributed by atoms with Gasteiger partial charge in [0, 0.05) is 79.2 Å². The van der Waals surface area contributed by atoms with Gasteiger partial charge < -0.3 is 19.7 Å². The zero-order chi connectivity index (χ0) is 34.4. The Hall–Kier alpha value is -3.97. The van der Waals surface area contributed by atoms with Crippen LogP contribution in [0.4, 0.5) is 28.4 Å². The van der Waals surface area contributed by atoms with E-state index in [4.69, 9.17) is 14.5 Å². The molecule has 1 N–H and O–H groups in total. The maximum Gasteiger partial charge on any atom is 0.319 e. The van der Waals surface area contributed by atoms with Crippen molar-refractivity contribution in [3.8, 4) is 23.3 Å². The fourth-order valence-corrected chi connectivity index (χ4v) is 9.93. The van der Waals surface area contributed by atoms with Crippen LogP contribution in [0.25, 0.3) is 32.2 Å². The number of anilines is 1. The molecule has 1 aromatic carbocycles. The van der Waals surface area contributed by atoms with E-state index >= 15 is 4.39 Å². The zero-order valence-electron chi connectivity index (χ0n) is 27.1. The first-order chi connectivity index (χ1) is 24.1. The van der Waals surface area contributed by atoms with Gasteiger partial charge in [-0.3, -0.25) is 14.9 Å². The second-order valence-electron chi connectivity index (χ2n) is 14.5. The maximum atomic E-state index is 16.9. The van der Waals surface area contributed by atoms with E-state index in [0.717, 1.165) is 37.0 Å². The van der Waals surface area contributed by atoms with Gasteiger partial charge in [-0.2, -0.15) is 15.2 Å². The van der Waals surface area contributed by atoms with Crippen LogP contribution in [-0.2, 0) is 4.74 Å². The van der Waals surface area contributed by atoms with Gasteiger partial charge in [0.15, 0.2) is 5.82 Å². The molecule has 260 valence electrons. The Balaban J connectivity index is 1.13. The number of piperazine rings is 1. The molecular weight excluding hydrogens is 672 g/mol. The maximum absolute atomic E-state index is 16.9. The Kier molecular flexibility index (Phi) is 7.54. The van der Waals surface area contributed by atoms with Crippen LogP contribution < -0.4 is 15.0 Å². The molecule has 4 bridgehead atoms. The molecule has 15 heteroatoms. The van der Waals surface area contributed by atoms with Crippen LogP contribution in [0.15, 0.2) is 23.3 Å². The number of nitrogens with one attached hydrogen (secondary N) is 1. The van der Waals surface area contributed by atoms with E-state index in [2.05, 4.69) is 42.9 Å². The highest BCUT2D eigenvalue weighted by molar-refractivity contribution is 7.23. The van der Waals surface area contributed by atoms with Gasteiger partial charge in [-0.15, -0.1) is 11.3 Å². The third-order valence-electron chi connectivity index (χ3n) is 11.1. The number of morpholine rings is 1. The summed E-state index contributed by atoms with van der Waals surface area (Å²) in [5, 5.41) is 14.3. The highest BCUT2D eigenvalue weighted by Crippen LogP contribution is 2.54. The van der Waals surface area contributed by atoms with E-state index in [-0.39, 0.29) is 87.1 Å². The molecule has 9 rings (SSSR count). The number of pyridine rings is 1. The quantitative estimate of drug-likeness (QED) is 0.175. The van der Waals surface area contributed by atoms with Crippen LogP contribution in [0.3, 0.4) is 0 Å². The number of nitriles is 1. The molecular formula is C35H34F4N8O2S. The molecule has 0 amide bonds. The van der Waals surface area contributed by atoms with Gasteiger partial charge in [0.05, 0.1) is 35.5 Å². The van der Waals surface area contributed by atoms with E-state index in [0.29, 0.717) is 44.1 Å². The number of hydrogen-bond donors (Lipinski definition) is 1. The van der Waals surface area contributed by atoms with Gasteiger partial charge in [0.2, 0.25) is 5.92 Å². The molecule has 3 aromatic heterocycles. The summed E-state index contributed by atoms with van der Waals surface area (Å²) in [5.74, 6) is -3.70. The third kappa shape index (κ3) is 5.22. The van der Waals surface area contributed by atoms with Crippen molar-refractivity contribution in [2.45, 2.75) is 68.6 Å². The van der Waals surface area contributed by atoms with Crippen molar-refractivity contribution in [3.63, 3.8) is 0 Å². The van der Waals surface area contributed by atoms with Gasteiger partial charge >= 0.3 is 6.01 Å². The van der Waals surface area contributed by atoms with E-state index in [1.54, 1.807) is 0 Å². The van der Waals surface area contributed by atoms with Crippen LogP contribution >= 0.6 is 11.3 Å². The monoisotopic (exact) mass is 706 g/mol. The molecule has 4 atom stereocenters. The van der Waals surface area contributed by atoms with Gasteiger partial charge in [-0.1, -0.05) is 0 Å². The van der Waals surface area contributed by atoms with Gasteiger partial charge in [-0.05, 0) is 44.5 Å². The topological polar surface area (TPSA) is 112 Å².